The monoisotopic (exact) mass is 248 g/mol. The zero-order valence-corrected chi connectivity index (χ0v) is 10.2. The van der Waals surface area contributed by atoms with Gasteiger partial charge >= 0.3 is 5.97 Å². The second-order valence-electron chi connectivity index (χ2n) is 3.54. The summed E-state index contributed by atoms with van der Waals surface area (Å²) in [4.78, 5) is 14.2. The zero-order chi connectivity index (χ0) is 12.3. The Hall–Kier alpha value is -1.88. The van der Waals surface area contributed by atoms with Crippen LogP contribution in [0.4, 0.5) is 0 Å². The lowest BCUT2D eigenvalue weighted by Crippen LogP contribution is -2.10. The summed E-state index contributed by atoms with van der Waals surface area (Å²) in [6.45, 7) is 0.124. The molecule has 2 rings (SSSR count). The molecule has 0 amide bonds. The van der Waals surface area contributed by atoms with E-state index in [0.717, 1.165) is 11.3 Å². The highest BCUT2D eigenvalue weighted by molar-refractivity contribution is 7.71. The van der Waals surface area contributed by atoms with Crippen LogP contribution in [-0.2, 0) is 16.1 Å². The minimum absolute atomic E-state index is 0.124. The van der Waals surface area contributed by atoms with E-state index in [1.54, 1.807) is 4.57 Å². The number of H-pyrrole nitrogens is 1. The van der Waals surface area contributed by atoms with E-state index in [-0.39, 0.29) is 12.5 Å². The van der Waals surface area contributed by atoms with Gasteiger partial charge in [-0.1, -0.05) is 30.3 Å². The quantitative estimate of drug-likeness (QED) is 0.670. The molecule has 1 aromatic heterocycles. The number of carbonyl (C=O) groups is 1. The van der Waals surface area contributed by atoms with E-state index in [0.29, 0.717) is 4.77 Å². The van der Waals surface area contributed by atoms with Crippen LogP contribution in [0.15, 0.2) is 36.5 Å². The van der Waals surface area contributed by atoms with E-state index in [1.807, 2.05) is 36.5 Å². The highest BCUT2D eigenvalue weighted by atomic mass is 32.1. The number of imidazole rings is 1. The number of rotatable bonds is 3. The number of hydrogen-bond acceptors (Lipinski definition) is 3. The van der Waals surface area contributed by atoms with Crippen LogP contribution in [0.3, 0.4) is 0 Å². The van der Waals surface area contributed by atoms with E-state index in [2.05, 4.69) is 9.72 Å². The topological polar surface area (TPSA) is 47.0 Å². The number of benzene rings is 1. The van der Waals surface area contributed by atoms with Crippen molar-refractivity contribution in [1.29, 1.82) is 0 Å². The largest absolute Gasteiger partial charge is 0.468 e. The molecule has 0 aliphatic heterocycles. The van der Waals surface area contributed by atoms with Gasteiger partial charge in [0, 0.05) is 6.20 Å². The number of esters is 1. The van der Waals surface area contributed by atoms with Crippen molar-refractivity contribution in [3.05, 3.63) is 41.3 Å². The summed E-state index contributed by atoms with van der Waals surface area (Å²) >= 11 is 5.14. The Morgan fingerprint density at radius 1 is 1.41 bits per heavy atom. The first kappa shape index (κ1) is 11.6. The molecule has 88 valence electrons. The van der Waals surface area contributed by atoms with Gasteiger partial charge in [0.05, 0.1) is 12.8 Å². The van der Waals surface area contributed by atoms with Crippen molar-refractivity contribution in [2.24, 2.45) is 0 Å². The van der Waals surface area contributed by atoms with Crippen LogP contribution in [0.25, 0.3) is 11.3 Å². The standard InChI is InChI=1S/C12H12N2O2S/c1-16-11(15)8-14-7-10(13-12(14)17)9-5-3-2-4-6-9/h2-7H,8H2,1H3,(H,13,17). The molecule has 17 heavy (non-hydrogen) atoms. The summed E-state index contributed by atoms with van der Waals surface area (Å²) in [5.41, 5.74) is 1.92. The Labute approximate surface area is 104 Å². The van der Waals surface area contributed by atoms with Crippen molar-refractivity contribution in [2.45, 2.75) is 6.54 Å². The summed E-state index contributed by atoms with van der Waals surface area (Å²) in [7, 11) is 1.36. The Balaban J connectivity index is 2.31. The van der Waals surface area contributed by atoms with Crippen molar-refractivity contribution in [3.63, 3.8) is 0 Å². The third-order valence-electron chi connectivity index (χ3n) is 2.40. The summed E-state index contributed by atoms with van der Waals surface area (Å²) < 4.78 is 6.77. The van der Waals surface area contributed by atoms with Crippen LogP contribution >= 0.6 is 12.2 Å². The molecular formula is C12H12N2O2S. The number of nitrogens with one attached hydrogen (secondary N) is 1. The van der Waals surface area contributed by atoms with Crippen molar-refractivity contribution < 1.29 is 9.53 Å². The van der Waals surface area contributed by atoms with Crippen LogP contribution in [0.1, 0.15) is 0 Å². The van der Waals surface area contributed by atoms with Crippen LogP contribution in [0, 0.1) is 4.77 Å². The SMILES string of the molecule is COC(=O)Cn1cc(-c2ccccc2)[nH]c1=S. The maximum atomic E-state index is 11.2. The molecule has 0 saturated heterocycles. The first-order valence-corrected chi connectivity index (χ1v) is 5.53. The molecule has 2 aromatic rings. The van der Waals surface area contributed by atoms with Crippen molar-refractivity contribution >= 4 is 18.2 Å². The van der Waals surface area contributed by atoms with Crippen LogP contribution in [-0.4, -0.2) is 22.6 Å². The number of carbonyl (C=O) groups excluding carboxylic acids is 1. The molecule has 0 atom stereocenters. The molecule has 0 saturated carbocycles. The molecule has 4 nitrogen and oxygen atoms in total. The predicted molar refractivity (Wildman–Crippen MR) is 67.1 cm³/mol. The summed E-state index contributed by atoms with van der Waals surface area (Å²) in [5.74, 6) is -0.320. The highest BCUT2D eigenvalue weighted by Crippen LogP contribution is 2.16. The fourth-order valence-corrected chi connectivity index (χ4v) is 1.75. The zero-order valence-electron chi connectivity index (χ0n) is 9.34. The number of hydrogen-bond donors (Lipinski definition) is 1. The van der Waals surface area contributed by atoms with Gasteiger partial charge < -0.3 is 14.3 Å². The van der Waals surface area contributed by atoms with Gasteiger partial charge in [-0.2, -0.15) is 0 Å². The molecular weight excluding hydrogens is 236 g/mol. The van der Waals surface area contributed by atoms with E-state index in [1.165, 1.54) is 7.11 Å². The highest BCUT2D eigenvalue weighted by Gasteiger charge is 2.06. The number of aromatic nitrogens is 2. The molecule has 5 heteroatoms. The smallest absolute Gasteiger partial charge is 0.325 e. The first-order valence-electron chi connectivity index (χ1n) is 5.12. The molecule has 0 unspecified atom stereocenters. The third kappa shape index (κ3) is 2.62. The Bertz CT molecular complexity index is 572. The van der Waals surface area contributed by atoms with Gasteiger partial charge in [0.15, 0.2) is 4.77 Å². The molecule has 0 spiro atoms. The summed E-state index contributed by atoms with van der Waals surface area (Å²) in [5, 5.41) is 0. The van der Waals surface area contributed by atoms with E-state index in [9.17, 15) is 4.79 Å². The molecule has 1 N–H and O–H groups in total. The van der Waals surface area contributed by atoms with Crippen molar-refractivity contribution in [3.8, 4) is 11.3 Å². The summed E-state index contributed by atoms with van der Waals surface area (Å²) in [6.07, 6.45) is 1.81. The van der Waals surface area contributed by atoms with Gasteiger partial charge in [-0.05, 0) is 17.8 Å². The fraction of sp³-hybridized carbons (Fsp3) is 0.167. The molecule has 0 fully saturated rings. The second-order valence-corrected chi connectivity index (χ2v) is 3.93. The lowest BCUT2D eigenvalue weighted by atomic mass is 10.2. The van der Waals surface area contributed by atoms with Crippen LogP contribution < -0.4 is 0 Å². The fourth-order valence-electron chi connectivity index (χ4n) is 1.52. The maximum absolute atomic E-state index is 11.2. The van der Waals surface area contributed by atoms with Crippen molar-refractivity contribution in [1.82, 2.24) is 9.55 Å². The lowest BCUT2D eigenvalue weighted by molar-refractivity contribution is -0.141. The lowest BCUT2D eigenvalue weighted by Gasteiger charge is -1.99. The Kier molecular flexibility index (Phi) is 3.39. The molecule has 0 radical (unpaired) electrons. The normalized spacial score (nSPS) is 10.2. The molecule has 0 bridgehead atoms. The Morgan fingerprint density at radius 3 is 2.76 bits per heavy atom. The third-order valence-corrected chi connectivity index (χ3v) is 2.74. The van der Waals surface area contributed by atoms with Crippen molar-refractivity contribution in [2.75, 3.05) is 7.11 Å². The minimum Gasteiger partial charge on any atom is -0.468 e. The van der Waals surface area contributed by atoms with E-state index in [4.69, 9.17) is 12.2 Å². The van der Waals surface area contributed by atoms with Gasteiger partial charge in [0.25, 0.3) is 0 Å². The molecule has 0 aliphatic carbocycles. The van der Waals surface area contributed by atoms with E-state index < -0.39 is 0 Å². The average molecular weight is 248 g/mol. The molecule has 0 aliphatic rings. The summed E-state index contributed by atoms with van der Waals surface area (Å²) in [6, 6.07) is 9.80. The number of methoxy groups -OCH3 is 1. The molecule has 1 heterocycles. The number of ether oxygens (including phenoxy) is 1. The molecule has 1 aromatic carbocycles. The predicted octanol–water partition coefficient (Wildman–Crippen LogP) is 2.39. The van der Waals surface area contributed by atoms with Crippen LogP contribution in [0.2, 0.25) is 0 Å². The van der Waals surface area contributed by atoms with Gasteiger partial charge in [-0.25, -0.2) is 0 Å². The van der Waals surface area contributed by atoms with Gasteiger partial charge in [-0.3, -0.25) is 4.79 Å². The number of aromatic amines is 1. The van der Waals surface area contributed by atoms with Crippen LogP contribution in [0.5, 0.6) is 0 Å². The minimum atomic E-state index is -0.320. The van der Waals surface area contributed by atoms with Gasteiger partial charge in [0.2, 0.25) is 0 Å². The van der Waals surface area contributed by atoms with E-state index >= 15 is 0 Å². The maximum Gasteiger partial charge on any atom is 0.325 e. The van der Waals surface area contributed by atoms with Gasteiger partial charge in [0.1, 0.15) is 6.54 Å². The first-order chi connectivity index (χ1) is 8.20. The number of nitrogens with zero attached hydrogens (tertiary/aromatic N) is 1. The second kappa shape index (κ2) is 4.97. The average Bonchev–Trinajstić information content (AvgIpc) is 2.72. The van der Waals surface area contributed by atoms with Gasteiger partial charge in [-0.15, -0.1) is 0 Å². The Morgan fingerprint density at radius 2 is 2.12 bits per heavy atom.